The predicted octanol–water partition coefficient (Wildman–Crippen LogP) is 19.5. The van der Waals surface area contributed by atoms with Gasteiger partial charge in [0.15, 0.2) is 0 Å². The van der Waals surface area contributed by atoms with Crippen LogP contribution in [0.4, 0.5) is 34.1 Å². The van der Waals surface area contributed by atoms with Gasteiger partial charge in [-0.05, 0) is 177 Å². The molecule has 9 aromatic carbocycles. The third kappa shape index (κ3) is 7.49. The van der Waals surface area contributed by atoms with Crippen LogP contribution in [-0.4, -0.2) is 0 Å². The molecule has 0 unspecified atom stereocenters. The minimum atomic E-state index is 0.467. The van der Waals surface area contributed by atoms with Gasteiger partial charge in [0.1, 0.15) is 22.3 Å². The van der Waals surface area contributed by atoms with Gasteiger partial charge in [0.05, 0.1) is 0 Å². The van der Waals surface area contributed by atoms with E-state index in [0.29, 0.717) is 23.7 Å². The van der Waals surface area contributed by atoms with Crippen molar-refractivity contribution in [1.82, 2.24) is 0 Å². The number of rotatable bonds is 10. The molecule has 0 atom stereocenters. The number of hydrogen-bond donors (Lipinski definition) is 0. The van der Waals surface area contributed by atoms with Gasteiger partial charge in [0, 0.05) is 61.7 Å². The van der Waals surface area contributed by atoms with Gasteiger partial charge in [0.25, 0.3) is 0 Å². The van der Waals surface area contributed by atoms with Crippen molar-refractivity contribution in [2.45, 2.75) is 86.0 Å². The van der Waals surface area contributed by atoms with Gasteiger partial charge in [-0.25, -0.2) is 0 Å². The fourth-order valence-electron chi connectivity index (χ4n) is 10.1. The minimum Gasteiger partial charge on any atom is -0.456 e. The monoisotopic (exact) mass is 874 g/mol. The summed E-state index contributed by atoms with van der Waals surface area (Å²) in [6.07, 6.45) is 0. The Morgan fingerprint density at radius 3 is 0.896 bits per heavy atom. The number of nitrogens with zero attached hydrogens (tertiary/aromatic N) is 2. The summed E-state index contributed by atoms with van der Waals surface area (Å²) in [5.41, 5.74) is 16.6. The van der Waals surface area contributed by atoms with E-state index in [1.54, 1.807) is 0 Å². The molecular formula is C63H58N2O2. The lowest BCUT2D eigenvalue weighted by molar-refractivity contribution is 0.656. The van der Waals surface area contributed by atoms with E-state index in [2.05, 4.69) is 236 Å². The Morgan fingerprint density at radius 1 is 0.299 bits per heavy atom. The molecule has 0 bridgehead atoms. The molecule has 0 aliphatic carbocycles. The zero-order valence-electron chi connectivity index (χ0n) is 40.1. The summed E-state index contributed by atoms with van der Waals surface area (Å²) in [5.74, 6) is 1.87. The van der Waals surface area contributed by atoms with Gasteiger partial charge in [-0.15, -0.1) is 0 Å². The van der Waals surface area contributed by atoms with E-state index in [9.17, 15) is 0 Å². The van der Waals surface area contributed by atoms with E-state index in [1.807, 2.05) is 0 Å². The van der Waals surface area contributed by atoms with Crippen LogP contribution < -0.4 is 9.80 Å². The van der Waals surface area contributed by atoms with Crippen LogP contribution in [0.1, 0.15) is 107 Å². The zero-order chi connectivity index (χ0) is 46.2. The summed E-state index contributed by atoms with van der Waals surface area (Å²) in [6.45, 7) is 20.2. The predicted molar refractivity (Wildman–Crippen MR) is 286 cm³/mol. The number of anilines is 6. The van der Waals surface area contributed by atoms with E-state index in [4.69, 9.17) is 8.83 Å². The lowest BCUT2D eigenvalue weighted by atomic mass is 9.98. The van der Waals surface area contributed by atoms with Gasteiger partial charge in [-0.1, -0.05) is 116 Å². The molecule has 4 nitrogen and oxygen atoms in total. The molecule has 332 valence electrons. The molecule has 2 aromatic heterocycles. The number of aryl methyl sites for hydroxylation is 1. The van der Waals surface area contributed by atoms with Crippen molar-refractivity contribution in [3.63, 3.8) is 0 Å². The molecule has 0 fully saturated rings. The Bertz CT molecular complexity index is 3280. The standard InChI is InChI=1S/C63H58N2O2/c1-37(2)42-10-20-50(21-11-42)64(51-22-12-43(13-23-51)38(3)4)54-28-18-46-32-56-58(34-48(46)30-54)66-60-36-61-63(41(9)62(56)60)57-33-47-19-29-55(31-49(47)35-59(57)67-61)65(52-24-14-44(15-25-52)39(5)6)53-26-16-45(17-27-53)40(7)8/h10-40H,1-9H3. The van der Waals surface area contributed by atoms with Crippen LogP contribution in [0.5, 0.6) is 0 Å². The molecule has 4 heteroatoms. The summed E-state index contributed by atoms with van der Waals surface area (Å²) < 4.78 is 13.5. The van der Waals surface area contributed by atoms with Crippen LogP contribution in [0, 0.1) is 6.92 Å². The molecule has 67 heavy (non-hydrogen) atoms. The molecule has 0 N–H and O–H groups in total. The lowest BCUT2D eigenvalue weighted by Gasteiger charge is -2.26. The molecule has 0 aliphatic heterocycles. The smallest absolute Gasteiger partial charge is 0.139 e. The second-order valence-corrected chi connectivity index (χ2v) is 19.9. The molecule has 0 saturated carbocycles. The first-order valence-electron chi connectivity index (χ1n) is 24.1. The topological polar surface area (TPSA) is 32.8 Å². The highest BCUT2D eigenvalue weighted by atomic mass is 16.3. The second kappa shape index (κ2) is 16.5. The van der Waals surface area contributed by atoms with E-state index in [-0.39, 0.29) is 0 Å². The molecule has 0 aliphatic rings. The van der Waals surface area contributed by atoms with Crippen LogP contribution in [0.3, 0.4) is 0 Å². The Balaban J connectivity index is 0.991. The largest absolute Gasteiger partial charge is 0.456 e. The average molecular weight is 875 g/mol. The maximum Gasteiger partial charge on any atom is 0.139 e. The first-order chi connectivity index (χ1) is 32.4. The third-order valence-electron chi connectivity index (χ3n) is 14.1. The van der Waals surface area contributed by atoms with Crippen molar-refractivity contribution in [3.05, 3.63) is 192 Å². The molecule has 11 aromatic rings. The van der Waals surface area contributed by atoms with Gasteiger partial charge in [-0.3, -0.25) is 0 Å². The summed E-state index contributed by atoms with van der Waals surface area (Å²) in [6, 6.07) is 60.7. The molecule has 0 radical (unpaired) electrons. The molecule has 0 saturated heterocycles. The van der Waals surface area contributed by atoms with E-state index >= 15 is 0 Å². The molecule has 0 amide bonds. The summed E-state index contributed by atoms with van der Waals surface area (Å²) in [4.78, 5) is 4.72. The van der Waals surface area contributed by atoms with Gasteiger partial charge < -0.3 is 18.6 Å². The normalized spacial score (nSPS) is 12.2. The fraction of sp³-hybridized carbons (Fsp3) is 0.206. The van der Waals surface area contributed by atoms with Crippen LogP contribution in [0.25, 0.3) is 65.4 Å². The van der Waals surface area contributed by atoms with E-state index in [0.717, 1.165) is 88.8 Å². The highest BCUT2D eigenvalue weighted by Crippen LogP contribution is 2.45. The van der Waals surface area contributed by atoms with Crippen molar-refractivity contribution in [1.29, 1.82) is 0 Å². The highest BCUT2D eigenvalue weighted by Gasteiger charge is 2.21. The van der Waals surface area contributed by atoms with E-state index in [1.165, 1.54) is 38.6 Å². The summed E-state index contributed by atoms with van der Waals surface area (Å²) in [7, 11) is 0. The molecular weight excluding hydrogens is 817 g/mol. The Morgan fingerprint density at radius 2 is 0.597 bits per heavy atom. The van der Waals surface area contributed by atoms with Crippen LogP contribution in [0.15, 0.2) is 173 Å². The number of furan rings is 2. The fourth-order valence-corrected chi connectivity index (χ4v) is 10.1. The quantitative estimate of drug-likeness (QED) is 0.137. The molecule has 2 heterocycles. The molecule has 0 spiro atoms. The molecule has 11 rings (SSSR count). The minimum absolute atomic E-state index is 0.467. The maximum atomic E-state index is 6.75. The maximum absolute atomic E-state index is 6.75. The summed E-state index contributed by atoms with van der Waals surface area (Å²) in [5, 5.41) is 9.08. The van der Waals surface area contributed by atoms with Crippen LogP contribution >= 0.6 is 0 Å². The van der Waals surface area contributed by atoms with Gasteiger partial charge in [-0.2, -0.15) is 0 Å². The van der Waals surface area contributed by atoms with Crippen LogP contribution in [0.2, 0.25) is 0 Å². The zero-order valence-corrected chi connectivity index (χ0v) is 40.1. The van der Waals surface area contributed by atoms with Crippen molar-refractivity contribution in [3.8, 4) is 0 Å². The third-order valence-corrected chi connectivity index (χ3v) is 14.1. The van der Waals surface area contributed by atoms with Crippen molar-refractivity contribution in [2.24, 2.45) is 0 Å². The van der Waals surface area contributed by atoms with Gasteiger partial charge >= 0.3 is 0 Å². The average Bonchev–Trinajstić information content (AvgIpc) is 3.87. The summed E-state index contributed by atoms with van der Waals surface area (Å²) >= 11 is 0. The van der Waals surface area contributed by atoms with Crippen LogP contribution in [-0.2, 0) is 0 Å². The number of benzene rings is 9. The SMILES string of the molecule is Cc1c2c(cc3oc4cc5cc(N(c6ccc(C(C)C)cc6)c6ccc(C(C)C)cc6)ccc5cc4c13)oc1cc3cc(N(c4ccc(C(C)C)cc4)c4ccc(C(C)C)cc4)ccc3cc12. The van der Waals surface area contributed by atoms with Gasteiger partial charge in [0.2, 0.25) is 0 Å². The Labute approximate surface area is 394 Å². The number of fused-ring (bicyclic) bond motifs is 8. The Hall–Kier alpha value is -7.30. The second-order valence-electron chi connectivity index (χ2n) is 19.9. The first-order valence-corrected chi connectivity index (χ1v) is 24.1. The highest BCUT2D eigenvalue weighted by molar-refractivity contribution is 6.21. The van der Waals surface area contributed by atoms with Crippen molar-refractivity contribution < 1.29 is 8.83 Å². The first kappa shape index (κ1) is 42.3. The van der Waals surface area contributed by atoms with E-state index < -0.39 is 0 Å². The lowest BCUT2D eigenvalue weighted by Crippen LogP contribution is -2.10. The Kier molecular flexibility index (Phi) is 10.5. The van der Waals surface area contributed by atoms with Crippen molar-refractivity contribution in [2.75, 3.05) is 9.80 Å². The number of hydrogen-bond acceptors (Lipinski definition) is 4. The van der Waals surface area contributed by atoms with Crippen molar-refractivity contribution >= 4 is 99.5 Å².